The third-order valence-electron chi connectivity index (χ3n) is 3.44. The lowest BCUT2D eigenvalue weighted by atomic mass is 10.1. The summed E-state index contributed by atoms with van der Waals surface area (Å²) in [6, 6.07) is 6.25. The van der Waals surface area contributed by atoms with Gasteiger partial charge < -0.3 is 9.32 Å². The van der Waals surface area contributed by atoms with Crippen LogP contribution in [-0.4, -0.2) is 17.9 Å². The zero-order chi connectivity index (χ0) is 15.0. The summed E-state index contributed by atoms with van der Waals surface area (Å²) in [7, 11) is 1.73. The summed E-state index contributed by atoms with van der Waals surface area (Å²) in [5, 5.41) is 4.62. The van der Waals surface area contributed by atoms with Gasteiger partial charge in [-0.15, -0.1) is 0 Å². The van der Waals surface area contributed by atoms with E-state index >= 15 is 0 Å². The van der Waals surface area contributed by atoms with Gasteiger partial charge in [-0.1, -0.05) is 0 Å². The minimum atomic E-state index is -0.336. The summed E-state index contributed by atoms with van der Waals surface area (Å²) < 4.78 is 18.9. The second kappa shape index (κ2) is 5.33. The summed E-state index contributed by atoms with van der Waals surface area (Å²) >= 11 is 1.59. The Morgan fingerprint density at radius 1 is 1.38 bits per heavy atom. The second-order valence-corrected chi connectivity index (χ2v) is 5.77. The lowest BCUT2D eigenvalue weighted by Gasteiger charge is -2.15. The molecule has 5 heteroatoms. The van der Waals surface area contributed by atoms with Gasteiger partial charge in [-0.3, -0.25) is 4.79 Å². The van der Waals surface area contributed by atoms with Crippen molar-refractivity contribution in [1.29, 1.82) is 0 Å². The van der Waals surface area contributed by atoms with Crippen molar-refractivity contribution >= 4 is 28.2 Å². The normalized spacial score (nSPS) is 11.0. The van der Waals surface area contributed by atoms with Crippen molar-refractivity contribution in [2.45, 2.75) is 13.5 Å². The highest BCUT2D eigenvalue weighted by Crippen LogP contribution is 2.27. The van der Waals surface area contributed by atoms with Gasteiger partial charge in [0.1, 0.15) is 11.4 Å². The van der Waals surface area contributed by atoms with Crippen LogP contribution < -0.4 is 0 Å². The quantitative estimate of drug-likeness (QED) is 0.726. The number of amides is 1. The minimum Gasteiger partial charge on any atom is -0.451 e. The molecule has 0 spiro atoms. The summed E-state index contributed by atoms with van der Waals surface area (Å²) in [5.41, 5.74) is 2.28. The first kappa shape index (κ1) is 13.8. The van der Waals surface area contributed by atoms with E-state index < -0.39 is 0 Å². The number of nitrogens with zero attached hydrogens (tertiary/aromatic N) is 1. The molecule has 2 aromatic heterocycles. The van der Waals surface area contributed by atoms with E-state index in [1.54, 1.807) is 36.3 Å². The van der Waals surface area contributed by atoms with E-state index in [4.69, 9.17) is 4.42 Å². The van der Waals surface area contributed by atoms with Crippen LogP contribution in [0.1, 0.15) is 21.7 Å². The number of thiophene rings is 1. The number of carbonyl (C=O) groups excluding carboxylic acids is 1. The lowest BCUT2D eigenvalue weighted by Crippen LogP contribution is -2.26. The van der Waals surface area contributed by atoms with Crippen LogP contribution in [0.25, 0.3) is 11.0 Å². The molecular formula is C16H14FNO2S. The van der Waals surface area contributed by atoms with Crippen molar-refractivity contribution in [3.8, 4) is 0 Å². The van der Waals surface area contributed by atoms with Crippen molar-refractivity contribution in [2.24, 2.45) is 0 Å². The Bertz CT molecular complexity index is 792. The van der Waals surface area contributed by atoms with Gasteiger partial charge in [-0.05, 0) is 47.5 Å². The van der Waals surface area contributed by atoms with Crippen molar-refractivity contribution in [3.05, 3.63) is 57.7 Å². The predicted octanol–water partition coefficient (Wildman–Crippen LogP) is 4.21. The molecule has 0 radical (unpaired) electrons. The van der Waals surface area contributed by atoms with E-state index in [0.717, 1.165) is 5.56 Å². The smallest absolute Gasteiger partial charge is 0.289 e. The van der Waals surface area contributed by atoms with Crippen LogP contribution in [0, 0.1) is 12.7 Å². The SMILES string of the molecule is Cc1c(C(=O)N(C)Cc2ccsc2)oc2ccc(F)cc12. The Labute approximate surface area is 125 Å². The zero-order valence-electron chi connectivity index (χ0n) is 11.7. The summed E-state index contributed by atoms with van der Waals surface area (Å²) in [5.74, 6) is -0.263. The highest BCUT2D eigenvalue weighted by atomic mass is 32.1. The molecule has 0 saturated carbocycles. The fourth-order valence-electron chi connectivity index (χ4n) is 2.30. The first-order valence-electron chi connectivity index (χ1n) is 6.51. The van der Waals surface area contributed by atoms with Crippen LogP contribution in [-0.2, 0) is 6.54 Å². The maximum absolute atomic E-state index is 13.3. The largest absolute Gasteiger partial charge is 0.451 e. The van der Waals surface area contributed by atoms with E-state index in [1.807, 2.05) is 16.8 Å². The van der Waals surface area contributed by atoms with Crippen LogP contribution in [0.3, 0.4) is 0 Å². The lowest BCUT2D eigenvalue weighted by molar-refractivity contribution is 0.0755. The molecule has 0 aliphatic carbocycles. The van der Waals surface area contributed by atoms with E-state index in [9.17, 15) is 9.18 Å². The van der Waals surface area contributed by atoms with Gasteiger partial charge in [0, 0.05) is 24.5 Å². The number of rotatable bonds is 3. The van der Waals surface area contributed by atoms with Crippen LogP contribution in [0.4, 0.5) is 4.39 Å². The maximum atomic E-state index is 13.3. The number of fused-ring (bicyclic) bond motifs is 1. The molecule has 21 heavy (non-hydrogen) atoms. The fraction of sp³-hybridized carbons (Fsp3) is 0.188. The van der Waals surface area contributed by atoms with Crippen LogP contribution in [0.15, 0.2) is 39.4 Å². The number of aryl methyl sites for hydroxylation is 1. The number of hydrogen-bond donors (Lipinski definition) is 0. The van der Waals surface area contributed by atoms with Gasteiger partial charge in [0.2, 0.25) is 0 Å². The first-order valence-corrected chi connectivity index (χ1v) is 7.45. The molecule has 2 heterocycles. The molecule has 0 saturated heterocycles. The third-order valence-corrected chi connectivity index (χ3v) is 4.17. The number of hydrogen-bond acceptors (Lipinski definition) is 3. The Morgan fingerprint density at radius 3 is 2.90 bits per heavy atom. The fourth-order valence-corrected chi connectivity index (χ4v) is 2.96. The van der Waals surface area contributed by atoms with Crippen molar-refractivity contribution in [2.75, 3.05) is 7.05 Å². The van der Waals surface area contributed by atoms with Crippen LogP contribution in [0.5, 0.6) is 0 Å². The van der Waals surface area contributed by atoms with Crippen molar-refractivity contribution in [3.63, 3.8) is 0 Å². The van der Waals surface area contributed by atoms with Crippen LogP contribution in [0.2, 0.25) is 0 Å². The van der Waals surface area contributed by atoms with Crippen molar-refractivity contribution in [1.82, 2.24) is 4.90 Å². The van der Waals surface area contributed by atoms with Gasteiger partial charge >= 0.3 is 0 Å². The molecule has 3 rings (SSSR count). The summed E-state index contributed by atoms with van der Waals surface area (Å²) in [6.07, 6.45) is 0. The van der Waals surface area contributed by atoms with Crippen LogP contribution >= 0.6 is 11.3 Å². The molecule has 0 fully saturated rings. The molecule has 0 N–H and O–H groups in total. The third kappa shape index (κ3) is 2.56. The molecule has 3 aromatic rings. The molecule has 1 amide bonds. The monoisotopic (exact) mass is 303 g/mol. The molecule has 0 atom stereocenters. The highest BCUT2D eigenvalue weighted by molar-refractivity contribution is 7.07. The van der Waals surface area contributed by atoms with Gasteiger partial charge in [0.05, 0.1) is 0 Å². The maximum Gasteiger partial charge on any atom is 0.289 e. The van der Waals surface area contributed by atoms with Gasteiger partial charge in [-0.25, -0.2) is 4.39 Å². The molecule has 0 aliphatic heterocycles. The second-order valence-electron chi connectivity index (χ2n) is 4.99. The number of carbonyl (C=O) groups is 1. The average Bonchev–Trinajstić information content (AvgIpc) is 3.07. The number of benzene rings is 1. The standard InChI is InChI=1S/C16H14FNO2S/c1-10-13-7-12(17)3-4-14(13)20-15(10)16(19)18(2)8-11-5-6-21-9-11/h3-7,9H,8H2,1-2H3. The molecule has 0 bridgehead atoms. The zero-order valence-corrected chi connectivity index (χ0v) is 12.5. The molecule has 1 aromatic carbocycles. The number of furan rings is 1. The first-order chi connectivity index (χ1) is 10.1. The minimum absolute atomic E-state index is 0.199. The van der Waals surface area contributed by atoms with E-state index in [0.29, 0.717) is 23.1 Å². The van der Waals surface area contributed by atoms with E-state index in [2.05, 4.69) is 0 Å². The van der Waals surface area contributed by atoms with E-state index in [-0.39, 0.29) is 17.5 Å². The molecule has 0 aliphatic rings. The Hall–Kier alpha value is -2.14. The molecule has 0 unspecified atom stereocenters. The molecular weight excluding hydrogens is 289 g/mol. The van der Waals surface area contributed by atoms with Gasteiger partial charge in [0.25, 0.3) is 5.91 Å². The van der Waals surface area contributed by atoms with Crippen molar-refractivity contribution < 1.29 is 13.6 Å². The Morgan fingerprint density at radius 2 is 2.19 bits per heavy atom. The predicted molar refractivity (Wildman–Crippen MR) is 81.0 cm³/mol. The average molecular weight is 303 g/mol. The molecule has 3 nitrogen and oxygen atoms in total. The molecule has 108 valence electrons. The summed E-state index contributed by atoms with van der Waals surface area (Å²) in [4.78, 5) is 14.1. The van der Waals surface area contributed by atoms with E-state index in [1.165, 1.54) is 12.1 Å². The van der Waals surface area contributed by atoms with Gasteiger partial charge in [0.15, 0.2) is 5.76 Å². The highest BCUT2D eigenvalue weighted by Gasteiger charge is 2.21. The number of halogens is 1. The summed E-state index contributed by atoms with van der Waals surface area (Å²) in [6.45, 7) is 2.30. The Balaban J connectivity index is 1.92. The Kier molecular flexibility index (Phi) is 3.51. The topological polar surface area (TPSA) is 33.5 Å². The van der Waals surface area contributed by atoms with Gasteiger partial charge in [-0.2, -0.15) is 11.3 Å².